The summed E-state index contributed by atoms with van der Waals surface area (Å²) in [5.74, 6) is 0.724. The summed E-state index contributed by atoms with van der Waals surface area (Å²) in [5.41, 5.74) is 6.51. The van der Waals surface area contributed by atoms with Crippen molar-refractivity contribution in [3.8, 4) is 5.75 Å². The molecule has 5 nitrogen and oxygen atoms in total. The van der Waals surface area contributed by atoms with Crippen LogP contribution in [-0.4, -0.2) is 41.0 Å². The fourth-order valence-corrected chi connectivity index (χ4v) is 5.81. The fourth-order valence-electron chi connectivity index (χ4n) is 5.81. The maximum Gasteiger partial charge on any atom is 0.268 e. The van der Waals surface area contributed by atoms with E-state index in [-0.39, 0.29) is 23.7 Å². The first-order chi connectivity index (χ1) is 15.5. The number of fused-ring (bicyclic) bond motifs is 2. The van der Waals surface area contributed by atoms with Gasteiger partial charge in [-0.2, -0.15) is 0 Å². The lowest BCUT2D eigenvalue weighted by atomic mass is 9.58. The van der Waals surface area contributed by atoms with E-state index in [1.807, 2.05) is 42.5 Å². The molecule has 2 atom stereocenters. The molecule has 0 spiro atoms. The number of nitrogens with one attached hydrogen (secondary N) is 2. The van der Waals surface area contributed by atoms with Crippen molar-refractivity contribution in [2.24, 2.45) is 5.92 Å². The predicted octanol–water partition coefficient (Wildman–Crippen LogP) is 4.37. The van der Waals surface area contributed by atoms with Crippen molar-refractivity contribution in [3.63, 3.8) is 0 Å². The van der Waals surface area contributed by atoms with Crippen molar-refractivity contribution in [1.82, 2.24) is 15.2 Å². The Kier molecular flexibility index (Phi) is 6.55. The number of nitrogens with zero attached hydrogens (tertiary/aromatic N) is 1. The highest BCUT2D eigenvalue weighted by atomic mass is 35.5. The zero-order chi connectivity index (χ0) is 22.3. The zero-order valence-corrected chi connectivity index (χ0v) is 20.0. The molecule has 3 N–H and O–H groups in total. The Labute approximate surface area is 201 Å². The monoisotopic (exact) mass is 465 g/mol. The second kappa shape index (κ2) is 9.24. The van der Waals surface area contributed by atoms with Crippen molar-refractivity contribution >= 4 is 18.3 Å². The van der Waals surface area contributed by atoms with Gasteiger partial charge in [-0.3, -0.25) is 4.79 Å². The van der Waals surface area contributed by atoms with Crippen molar-refractivity contribution in [1.29, 1.82) is 0 Å². The number of carbonyl (C=O) groups is 1. The molecule has 0 radical (unpaired) electrons. The number of phenolic OH excluding ortho intramolecular Hbond substituents is 1. The number of aromatic amines is 1. The molecule has 33 heavy (non-hydrogen) atoms. The number of rotatable bonds is 4. The quantitative estimate of drug-likeness (QED) is 0.536. The Bertz CT molecular complexity index is 1140. The zero-order valence-electron chi connectivity index (χ0n) is 19.2. The number of halogens is 1. The van der Waals surface area contributed by atoms with E-state index >= 15 is 0 Å². The van der Waals surface area contributed by atoms with Crippen molar-refractivity contribution in [3.05, 3.63) is 88.2 Å². The molecule has 0 bridgehead atoms. The van der Waals surface area contributed by atoms with Gasteiger partial charge in [0.1, 0.15) is 11.4 Å². The summed E-state index contributed by atoms with van der Waals surface area (Å²) < 4.78 is 0. The van der Waals surface area contributed by atoms with Crippen molar-refractivity contribution in [2.75, 3.05) is 20.1 Å². The lowest BCUT2D eigenvalue weighted by molar-refractivity contribution is 0.0944. The Hall–Kier alpha value is -2.76. The predicted molar refractivity (Wildman–Crippen MR) is 133 cm³/mol. The highest BCUT2D eigenvalue weighted by molar-refractivity contribution is 5.94. The number of hydrogen-bond acceptors (Lipinski definition) is 3. The van der Waals surface area contributed by atoms with E-state index in [1.165, 1.54) is 16.8 Å². The highest BCUT2D eigenvalue weighted by Crippen LogP contribution is 2.48. The van der Waals surface area contributed by atoms with Gasteiger partial charge in [0.2, 0.25) is 0 Å². The van der Waals surface area contributed by atoms with Gasteiger partial charge in [-0.05, 0) is 80.1 Å². The van der Waals surface area contributed by atoms with Crippen LogP contribution in [-0.2, 0) is 24.8 Å². The smallest absolute Gasteiger partial charge is 0.268 e. The Morgan fingerprint density at radius 2 is 2.00 bits per heavy atom. The number of benzene rings is 2. The number of aromatic hydroxyl groups is 1. The maximum absolute atomic E-state index is 13.0. The minimum absolute atomic E-state index is 0. The Balaban J connectivity index is 0.00000259. The average Bonchev–Trinajstić information content (AvgIpc) is 3.12. The van der Waals surface area contributed by atoms with E-state index in [4.69, 9.17) is 0 Å². The molecule has 6 heteroatoms. The van der Waals surface area contributed by atoms with Crippen LogP contribution < -0.4 is 5.32 Å². The number of aromatic nitrogens is 1. The van der Waals surface area contributed by atoms with Crippen LogP contribution in [0.3, 0.4) is 0 Å². The molecule has 1 aliphatic carbocycles. The number of H-pyrrole nitrogens is 1. The first-order valence-electron chi connectivity index (χ1n) is 11.5. The third-order valence-electron chi connectivity index (χ3n) is 7.61. The summed E-state index contributed by atoms with van der Waals surface area (Å²) in [6.07, 6.45) is 2.87. The van der Waals surface area contributed by atoms with Crippen LogP contribution in [0.15, 0.2) is 54.6 Å². The Morgan fingerprint density at radius 1 is 1.21 bits per heavy atom. The molecule has 1 saturated heterocycles. The number of amides is 1. The second-order valence-electron chi connectivity index (χ2n) is 9.55. The molecular formula is C27H32ClN3O2. The number of hydrogen-bond donors (Lipinski definition) is 3. The lowest BCUT2D eigenvalue weighted by Crippen LogP contribution is -2.52. The normalized spacial score (nSPS) is 22.1. The topological polar surface area (TPSA) is 68.4 Å². The summed E-state index contributed by atoms with van der Waals surface area (Å²) in [7, 11) is 2.19. The van der Waals surface area contributed by atoms with Gasteiger partial charge in [-0.1, -0.05) is 42.5 Å². The molecular weight excluding hydrogens is 434 g/mol. The van der Waals surface area contributed by atoms with Crippen LogP contribution in [0.4, 0.5) is 0 Å². The van der Waals surface area contributed by atoms with Gasteiger partial charge >= 0.3 is 0 Å². The van der Waals surface area contributed by atoms with Crippen LogP contribution >= 0.6 is 12.4 Å². The van der Waals surface area contributed by atoms with E-state index in [0.717, 1.165) is 43.5 Å². The van der Waals surface area contributed by atoms with Gasteiger partial charge in [0, 0.05) is 24.2 Å². The summed E-state index contributed by atoms with van der Waals surface area (Å²) in [5, 5.41) is 13.3. The average molecular weight is 466 g/mol. The first kappa shape index (κ1) is 23.4. The summed E-state index contributed by atoms with van der Waals surface area (Å²) in [4.78, 5) is 18.9. The van der Waals surface area contributed by atoms with Gasteiger partial charge in [-0.15, -0.1) is 12.4 Å². The number of likely N-dealkylation sites (tertiary alicyclic amines) is 1. The second-order valence-corrected chi connectivity index (χ2v) is 9.55. The van der Waals surface area contributed by atoms with Gasteiger partial charge in [0.25, 0.3) is 5.91 Å². The van der Waals surface area contributed by atoms with Crippen LogP contribution in [0.1, 0.15) is 44.9 Å². The van der Waals surface area contributed by atoms with Gasteiger partial charge in [-0.25, -0.2) is 0 Å². The number of phenols is 1. The fraction of sp³-hybridized carbons (Fsp3) is 0.370. The third-order valence-corrected chi connectivity index (χ3v) is 7.61. The molecule has 1 aromatic heterocycles. The van der Waals surface area contributed by atoms with Crippen LogP contribution in [0.25, 0.3) is 0 Å². The van der Waals surface area contributed by atoms with Crippen molar-refractivity contribution < 1.29 is 9.90 Å². The minimum Gasteiger partial charge on any atom is -0.508 e. The molecule has 5 rings (SSSR count). The van der Waals surface area contributed by atoms with Crippen LogP contribution in [0.5, 0.6) is 5.75 Å². The van der Waals surface area contributed by atoms with E-state index in [9.17, 15) is 9.90 Å². The highest BCUT2D eigenvalue weighted by Gasteiger charge is 2.48. The molecule has 1 aliphatic heterocycles. The summed E-state index contributed by atoms with van der Waals surface area (Å²) in [6.45, 7) is 4.64. The first-order valence-corrected chi connectivity index (χ1v) is 11.5. The number of piperidine rings is 1. The molecule has 1 fully saturated rings. The van der Waals surface area contributed by atoms with Gasteiger partial charge in [0.15, 0.2) is 0 Å². The molecule has 174 valence electrons. The van der Waals surface area contributed by atoms with Gasteiger partial charge in [0.05, 0.1) is 0 Å². The van der Waals surface area contributed by atoms with Crippen LogP contribution in [0, 0.1) is 12.8 Å². The van der Waals surface area contributed by atoms with E-state index < -0.39 is 0 Å². The van der Waals surface area contributed by atoms with Crippen molar-refractivity contribution in [2.45, 2.75) is 38.1 Å². The molecule has 3 aromatic rings. The van der Waals surface area contributed by atoms with Gasteiger partial charge < -0.3 is 20.3 Å². The lowest BCUT2D eigenvalue weighted by Gasteiger charge is -2.50. The number of carbonyl (C=O) groups excluding carboxylic acids is 1. The molecule has 2 aliphatic rings. The van der Waals surface area contributed by atoms with E-state index in [2.05, 4.69) is 35.2 Å². The molecule has 2 aromatic carbocycles. The van der Waals surface area contributed by atoms with Crippen LogP contribution in [0.2, 0.25) is 0 Å². The molecule has 0 unspecified atom stereocenters. The molecule has 0 saturated carbocycles. The molecule has 2 heterocycles. The third kappa shape index (κ3) is 4.28. The summed E-state index contributed by atoms with van der Waals surface area (Å²) in [6, 6.07) is 17.8. The molecule has 1 amide bonds. The van der Waals surface area contributed by atoms with E-state index in [1.54, 1.807) is 6.07 Å². The Morgan fingerprint density at radius 3 is 2.76 bits per heavy atom. The van der Waals surface area contributed by atoms with E-state index in [0.29, 0.717) is 23.9 Å². The maximum atomic E-state index is 13.0. The minimum atomic E-state index is -0.0488. The standard InChI is InChI=1S/C27H31N3O2.ClH/c1-18-23-14-21-17-30(2)12-11-27(21,20-9-6-10-22(31)13-20)15-24(23)29-25(18)26(32)28-16-19-7-4-3-5-8-19;/h3-10,13,21,29,31H,11-12,14-17H2,1-2H3,(H,28,32);1H/t21-,27+;/m0./s1. The largest absolute Gasteiger partial charge is 0.508 e. The SMILES string of the molecule is Cc1c(C(=O)NCc2ccccc2)[nH]c2c1C[C@H]1CN(C)CC[C@]1(c1cccc(O)c1)C2.Cl. The summed E-state index contributed by atoms with van der Waals surface area (Å²) >= 11 is 0.